The molecule has 5 N–H and O–H groups in total. The zero-order valence-corrected chi connectivity index (χ0v) is 9.97. The summed E-state index contributed by atoms with van der Waals surface area (Å²) in [6.45, 7) is 0.634. The molecule has 0 amide bonds. The number of carboxylic acid groups (broad SMARTS) is 1. The predicted octanol–water partition coefficient (Wildman–Crippen LogP) is 0.348. The molecule has 2 atom stereocenters. The molecule has 2 rings (SSSR count). The Morgan fingerprint density at radius 2 is 2.17 bits per heavy atom. The molecule has 2 unspecified atom stereocenters. The molecule has 1 fully saturated rings. The number of nitrogens with two attached hydrogens (primary N) is 1. The van der Waals surface area contributed by atoms with Crippen LogP contribution in [0.5, 0.6) is 0 Å². The molecule has 0 spiro atoms. The molecule has 1 aliphatic heterocycles. The van der Waals surface area contributed by atoms with Gasteiger partial charge in [0.1, 0.15) is 6.04 Å². The van der Waals surface area contributed by atoms with E-state index in [1.165, 1.54) is 0 Å². The highest BCUT2D eigenvalue weighted by Gasteiger charge is 2.28. The summed E-state index contributed by atoms with van der Waals surface area (Å²) < 4.78 is 0. The maximum absolute atomic E-state index is 10.8. The summed E-state index contributed by atoms with van der Waals surface area (Å²) >= 11 is 0. The van der Waals surface area contributed by atoms with E-state index in [4.69, 9.17) is 10.8 Å². The fraction of sp³-hybridized carbons (Fsp3) is 0.308. The van der Waals surface area contributed by atoms with Crippen LogP contribution < -0.4 is 16.4 Å². The van der Waals surface area contributed by atoms with E-state index in [1.54, 1.807) is 6.20 Å². The van der Waals surface area contributed by atoms with Gasteiger partial charge in [0.15, 0.2) is 0 Å². The number of rotatable bonds is 4. The fourth-order valence-corrected chi connectivity index (χ4v) is 1.97. The van der Waals surface area contributed by atoms with Crippen molar-refractivity contribution in [2.75, 3.05) is 6.54 Å². The van der Waals surface area contributed by atoms with Crippen LogP contribution in [0.2, 0.25) is 0 Å². The van der Waals surface area contributed by atoms with Crippen LogP contribution in [-0.2, 0) is 4.79 Å². The molecule has 0 aliphatic carbocycles. The van der Waals surface area contributed by atoms with Crippen molar-refractivity contribution in [3.63, 3.8) is 0 Å². The smallest absolute Gasteiger partial charge is 0.320 e. The fourth-order valence-electron chi connectivity index (χ4n) is 1.97. The summed E-state index contributed by atoms with van der Waals surface area (Å²) in [4.78, 5) is 10.8. The van der Waals surface area contributed by atoms with E-state index in [9.17, 15) is 4.79 Å². The molecule has 1 saturated heterocycles. The van der Waals surface area contributed by atoms with Crippen LogP contribution >= 0.6 is 0 Å². The summed E-state index contributed by atoms with van der Waals surface area (Å²) in [7, 11) is 0. The first kappa shape index (κ1) is 12.4. The van der Waals surface area contributed by atoms with Gasteiger partial charge in [0.05, 0.1) is 5.70 Å². The first-order valence-corrected chi connectivity index (χ1v) is 5.90. The normalized spacial score (nSPS) is 23.9. The third-order valence-corrected chi connectivity index (χ3v) is 3.01. The first-order chi connectivity index (χ1) is 8.66. The van der Waals surface area contributed by atoms with Crippen molar-refractivity contribution >= 4 is 11.7 Å². The van der Waals surface area contributed by atoms with Gasteiger partial charge in [0.2, 0.25) is 0 Å². The molecule has 1 aromatic rings. The molecule has 0 saturated carbocycles. The molecule has 0 radical (unpaired) electrons. The Bertz CT molecular complexity index is 445. The number of hydrogen-bond donors (Lipinski definition) is 4. The highest BCUT2D eigenvalue weighted by Crippen LogP contribution is 2.09. The molecular weight excluding hydrogens is 230 g/mol. The SMILES string of the molecule is N/C(=C\NC1CNC(C(=O)O)C1)c1ccccc1. The Balaban J connectivity index is 1.90. The van der Waals surface area contributed by atoms with Gasteiger partial charge >= 0.3 is 5.97 Å². The van der Waals surface area contributed by atoms with Crippen molar-refractivity contribution < 1.29 is 9.90 Å². The number of nitrogens with one attached hydrogen (secondary N) is 2. The van der Waals surface area contributed by atoms with Crippen molar-refractivity contribution in [2.24, 2.45) is 5.73 Å². The monoisotopic (exact) mass is 247 g/mol. The van der Waals surface area contributed by atoms with Gasteiger partial charge in [-0.05, 0) is 12.0 Å². The quantitative estimate of drug-likeness (QED) is 0.616. The molecule has 5 heteroatoms. The zero-order chi connectivity index (χ0) is 13.0. The van der Waals surface area contributed by atoms with E-state index < -0.39 is 12.0 Å². The second-order valence-electron chi connectivity index (χ2n) is 4.36. The van der Waals surface area contributed by atoms with E-state index in [1.807, 2.05) is 30.3 Å². The molecule has 1 heterocycles. The molecule has 18 heavy (non-hydrogen) atoms. The summed E-state index contributed by atoms with van der Waals surface area (Å²) in [5.74, 6) is -0.806. The lowest BCUT2D eigenvalue weighted by Crippen LogP contribution is -2.30. The maximum Gasteiger partial charge on any atom is 0.320 e. The van der Waals surface area contributed by atoms with Crippen molar-refractivity contribution in [1.29, 1.82) is 0 Å². The van der Waals surface area contributed by atoms with Gasteiger partial charge in [-0.2, -0.15) is 0 Å². The van der Waals surface area contributed by atoms with Gasteiger partial charge in [0.25, 0.3) is 0 Å². The standard InChI is InChI=1S/C13H17N3O2/c14-11(9-4-2-1-3-5-9)8-15-10-6-12(13(17)18)16-7-10/h1-5,8,10,12,15-16H,6-7,14H2,(H,17,18)/b11-8-. The summed E-state index contributed by atoms with van der Waals surface area (Å²) in [5, 5.41) is 14.9. The lowest BCUT2D eigenvalue weighted by molar-refractivity contribution is -0.139. The zero-order valence-electron chi connectivity index (χ0n) is 9.97. The minimum Gasteiger partial charge on any atom is -0.480 e. The molecule has 1 aliphatic rings. The van der Waals surface area contributed by atoms with Crippen LogP contribution in [0.25, 0.3) is 5.70 Å². The summed E-state index contributed by atoms with van der Waals surface area (Å²) in [5.41, 5.74) is 7.53. The number of hydrogen-bond acceptors (Lipinski definition) is 4. The Morgan fingerprint density at radius 3 is 2.78 bits per heavy atom. The summed E-state index contributed by atoms with van der Waals surface area (Å²) in [6, 6.07) is 9.28. The molecule has 0 aromatic heterocycles. The van der Waals surface area contributed by atoms with Gasteiger partial charge in [-0.25, -0.2) is 0 Å². The van der Waals surface area contributed by atoms with Gasteiger partial charge in [0, 0.05) is 18.8 Å². The average molecular weight is 247 g/mol. The highest BCUT2D eigenvalue weighted by molar-refractivity contribution is 5.74. The minimum absolute atomic E-state index is 0.105. The lowest BCUT2D eigenvalue weighted by atomic mass is 10.1. The van der Waals surface area contributed by atoms with E-state index in [0.717, 1.165) is 5.56 Å². The van der Waals surface area contributed by atoms with E-state index in [0.29, 0.717) is 18.7 Å². The van der Waals surface area contributed by atoms with Crippen LogP contribution in [0.1, 0.15) is 12.0 Å². The van der Waals surface area contributed by atoms with Crippen LogP contribution in [-0.4, -0.2) is 29.7 Å². The van der Waals surface area contributed by atoms with E-state index >= 15 is 0 Å². The maximum atomic E-state index is 10.8. The Hall–Kier alpha value is -2.01. The predicted molar refractivity (Wildman–Crippen MR) is 69.6 cm³/mol. The molecule has 0 bridgehead atoms. The van der Waals surface area contributed by atoms with E-state index in [-0.39, 0.29) is 6.04 Å². The molecular formula is C13H17N3O2. The lowest BCUT2D eigenvalue weighted by Gasteiger charge is -2.10. The third kappa shape index (κ3) is 3.01. The number of aliphatic carboxylic acids is 1. The van der Waals surface area contributed by atoms with Gasteiger partial charge < -0.3 is 21.5 Å². The van der Waals surface area contributed by atoms with Gasteiger partial charge in [-0.3, -0.25) is 4.79 Å². The first-order valence-electron chi connectivity index (χ1n) is 5.90. The average Bonchev–Trinajstić information content (AvgIpc) is 2.86. The summed E-state index contributed by atoms with van der Waals surface area (Å²) in [6.07, 6.45) is 2.31. The topological polar surface area (TPSA) is 87.4 Å². The number of carboxylic acids is 1. The minimum atomic E-state index is -0.806. The Labute approximate surface area is 106 Å². The van der Waals surface area contributed by atoms with Gasteiger partial charge in [-0.1, -0.05) is 30.3 Å². The van der Waals surface area contributed by atoms with Crippen molar-refractivity contribution in [3.05, 3.63) is 42.1 Å². The number of benzene rings is 1. The second-order valence-corrected chi connectivity index (χ2v) is 4.36. The van der Waals surface area contributed by atoms with Crippen molar-refractivity contribution in [2.45, 2.75) is 18.5 Å². The Kier molecular flexibility index (Phi) is 3.84. The van der Waals surface area contributed by atoms with Crippen molar-refractivity contribution in [1.82, 2.24) is 10.6 Å². The van der Waals surface area contributed by atoms with Crippen LogP contribution in [0.3, 0.4) is 0 Å². The van der Waals surface area contributed by atoms with Gasteiger partial charge in [-0.15, -0.1) is 0 Å². The van der Waals surface area contributed by atoms with Crippen LogP contribution in [0.15, 0.2) is 36.5 Å². The van der Waals surface area contributed by atoms with Crippen LogP contribution in [0, 0.1) is 0 Å². The van der Waals surface area contributed by atoms with E-state index in [2.05, 4.69) is 10.6 Å². The number of carbonyl (C=O) groups is 1. The third-order valence-electron chi connectivity index (χ3n) is 3.01. The molecule has 5 nitrogen and oxygen atoms in total. The molecule has 96 valence electrons. The van der Waals surface area contributed by atoms with Crippen LogP contribution in [0.4, 0.5) is 0 Å². The second kappa shape index (κ2) is 5.55. The highest BCUT2D eigenvalue weighted by atomic mass is 16.4. The van der Waals surface area contributed by atoms with Crippen molar-refractivity contribution in [3.8, 4) is 0 Å². The Morgan fingerprint density at radius 1 is 1.44 bits per heavy atom. The molecule has 1 aromatic carbocycles. The largest absolute Gasteiger partial charge is 0.480 e.